The van der Waals surface area contributed by atoms with Gasteiger partial charge in [-0.15, -0.1) is 0 Å². The average Bonchev–Trinajstić information content (AvgIpc) is 2.73. The molecule has 1 aliphatic heterocycles. The molecule has 0 unspecified atom stereocenters. The van der Waals surface area contributed by atoms with E-state index in [1.807, 2.05) is 48.5 Å². The van der Waals surface area contributed by atoms with Crippen LogP contribution in [0.5, 0.6) is 5.75 Å². The van der Waals surface area contributed by atoms with E-state index in [1.54, 1.807) is 9.80 Å². The Labute approximate surface area is 174 Å². The molecular formula is C22H25BrN2O3. The Bertz CT molecular complexity index is 815. The van der Waals surface area contributed by atoms with Gasteiger partial charge in [-0.1, -0.05) is 47.5 Å². The quantitative estimate of drug-likeness (QED) is 0.681. The zero-order valence-corrected chi connectivity index (χ0v) is 17.7. The second kappa shape index (κ2) is 9.73. The molecule has 2 aromatic carbocycles. The van der Waals surface area contributed by atoms with E-state index < -0.39 is 0 Å². The summed E-state index contributed by atoms with van der Waals surface area (Å²) in [6.45, 7) is 4.28. The highest BCUT2D eigenvalue weighted by atomic mass is 79.9. The van der Waals surface area contributed by atoms with Crippen LogP contribution in [0, 0.1) is 0 Å². The first-order chi connectivity index (χ1) is 13.6. The van der Waals surface area contributed by atoms with E-state index >= 15 is 0 Å². The van der Waals surface area contributed by atoms with Gasteiger partial charge in [0.2, 0.25) is 0 Å². The first-order valence-corrected chi connectivity index (χ1v) is 10.4. The molecule has 148 valence electrons. The predicted molar refractivity (Wildman–Crippen MR) is 113 cm³/mol. The molecule has 0 saturated carbocycles. The number of aryl methyl sites for hydroxylation is 1. The third kappa shape index (κ3) is 5.35. The van der Waals surface area contributed by atoms with Crippen molar-refractivity contribution >= 4 is 27.7 Å². The van der Waals surface area contributed by atoms with E-state index in [0.29, 0.717) is 37.5 Å². The molecule has 2 amide bonds. The molecule has 1 aliphatic rings. The van der Waals surface area contributed by atoms with Crippen LogP contribution in [-0.4, -0.2) is 54.4 Å². The van der Waals surface area contributed by atoms with Crippen molar-refractivity contribution in [2.24, 2.45) is 0 Å². The van der Waals surface area contributed by atoms with Crippen molar-refractivity contribution in [3.8, 4) is 5.75 Å². The van der Waals surface area contributed by atoms with E-state index in [0.717, 1.165) is 17.3 Å². The minimum Gasteiger partial charge on any atom is -0.484 e. The Morgan fingerprint density at radius 3 is 2.32 bits per heavy atom. The minimum absolute atomic E-state index is 0.00295. The van der Waals surface area contributed by atoms with Crippen LogP contribution in [0.4, 0.5) is 0 Å². The monoisotopic (exact) mass is 444 g/mol. The minimum atomic E-state index is -0.0489. The van der Waals surface area contributed by atoms with E-state index in [9.17, 15) is 9.59 Å². The van der Waals surface area contributed by atoms with Crippen molar-refractivity contribution in [3.63, 3.8) is 0 Å². The molecule has 1 heterocycles. The van der Waals surface area contributed by atoms with Gasteiger partial charge in [0, 0.05) is 36.2 Å². The summed E-state index contributed by atoms with van der Waals surface area (Å²) in [7, 11) is 0. The van der Waals surface area contributed by atoms with E-state index in [-0.39, 0.29) is 18.4 Å². The Morgan fingerprint density at radius 2 is 1.68 bits per heavy atom. The normalized spacial score (nSPS) is 14.1. The SMILES string of the molecule is CCCc1ccc(OCC(=O)N2CCN(C(=O)c3cccc(Br)c3)CC2)cc1. The Hall–Kier alpha value is -2.34. The van der Waals surface area contributed by atoms with E-state index in [1.165, 1.54) is 5.56 Å². The second-order valence-corrected chi connectivity index (χ2v) is 7.78. The molecule has 2 aromatic rings. The van der Waals surface area contributed by atoms with Crippen LogP contribution < -0.4 is 4.74 Å². The maximum atomic E-state index is 12.6. The fourth-order valence-corrected chi connectivity index (χ4v) is 3.64. The molecule has 0 atom stereocenters. The Kier molecular flexibility index (Phi) is 7.09. The van der Waals surface area contributed by atoms with Gasteiger partial charge in [0.1, 0.15) is 5.75 Å². The third-order valence-electron chi connectivity index (χ3n) is 4.82. The molecule has 1 fully saturated rings. The number of piperazine rings is 1. The van der Waals surface area contributed by atoms with Gasteiger partial charge in [0.15, 0.2) is 6.61 Å². The Balaban J connectivity index is 1.46. The van der Waals surface area contributed by atoms with Crippen molar-refractivity contribution in [2.75, 3.05) is 32.8 Å². The predicted octanol–water partition coefficient (Wildman–Crippen LogP) is 3.77. The lowest BCUT2D eigenvalue weighted by Crippen LogP contribution is -2.51. The number of ether oxygens (including phenoxy) is 1. The lowest BCUT2D eigenvalue weighted by atomic mass is 10.1. The maximum absolute atomic E-state index is 12.6. The fourth-order valence-electron chi connectivity index (χ4n) is 3.24. The number of carbonyl (C=O) groups is 2. The van der Waals surface area contributed by atoms with Crippen LogP contribution in [0.15, 0.2) is 53.0 Å². The molecular weight excluding hydrogens is 420 g/mol. The highest BCUT2D eigenvalue weighted by Crippen LogP contribution is 2.16. The molecule has 0 aromatic heterocycles. The zero-order valence-electron chi connectivity index (χ0n) is 16.1. The third-order valence-corrected chi connectivity index (χ3v) is 5.31. The standard InChI is InChI=1S/C22H25BrN2O3/c1-2-4-17-7-9-20(10-8-17)28-16-21(26)24-11-13-25(14-12-24)22(27)18-5-3-6-19(23)15-18/h3,5-10,15H,2,4,11-14,16H2,1H3. The first kappa shape index (κ1) is 20.4. The molecule has 1 saturated heterocycles. The number of benzene rings is 2. The first-order valence-electron chi connectivity index (χ1n) is 9.61. The number of halogens is 1. The summed E-state index contributed by atoms with van der Waals surface area (Å²) in [5.41, 5.74) is 1.93. The topological polar surface area (TPSA) is 49.9 Å². The summed E-state index contributed by atoms with van der Waals surface area (Å²) in [5.74, 6) is 0.653. The lowest BCUT2D eigenvalue weighted by Gasteiger charge is -2.34. The second-order valence-electron chi connectivity index (χ2n) is 6.87. The molecule has 6 heteroatoms. The highest BCUT2D eigenvalue weighted by Gasteiger charge is 2.25. The van der Waals surface area contributed by atoms with Crippen molar-refractivity contribution in [1.29, 1.82) is 0 Å². The fraction of sp³-hybridized carbons (Fsp3) is 0.364. The van der Waals surface area contributed by atoms with Gasteiger partial charge < -0.3 is 14.5 Å². The van der Waals surface area contributed by atoms with Crippen molar-refractivity contribution in [1.82, 2.24) is 9.80 Å². The number of rotatable bonds is 6. The molecule has 0 radical (unpaired) electrons. The summed E-state index contributed by atoms with van der Waals surface area (Å²) < 4.78 is 6.52. The summed E-state index contributed by atoms with van der Waals surface area (Å²) in [6, 6.07) is 15.3. The van der Waals surface area contributed by atoms with Gasteiger partial charge in [-0.2, -0.15) is 0 Å². The number of amides is 2. The average molecular weight is 445 g/mol. The molecule has 0 bridgehead atoms. The summed E-state index contributed by atoms with van der Waals surface area (Å²) in [4.78, 5) is 28.6. The number of hydrogen-bond donors (Lipinski definition) is 0. The van der Waals surface area contributed by atoms with Crippen LogP contribution in [0.2, 0.25) is 0 Å². The van der Waals surface area contributed by atoms with Gasteiger partial charge in [0.05, 0.1) is 0 Å². The van der Waals surface area contributed by atoms with Crippen molar-refractivity contribution in [2.45, 2.75) is 19.8 Å². The van der Waals surface area contributed by atoms with E-state index in [2.05, 4.69) is 22.9 Å². The van der Waals surface area contributed by atoms with E-state index in [4.69, 9.17) is 4.74 Å². The van der Waals surface area contributed by atoms with Gasteiger partial charge in [-0.3, -0.25) is 9.59 Å². The van der Waals surface area contributed by atoms with Crippen LogP contribution in [0.25, 0.3) is 0 Å². The van der Waals surface area contributed by atoms with Crippen molar-refractivity contribution in [3.05, 3.63) is 64.1 Å². The number of carbonyl (C=O) groups excluding carboxylic acids is 2. The van der Waals surface area contributed by atoms with Gasteiger partial charge in [-0.25, -0.2) is 0 Å². The van der Waals surface area contributed by atoms with Crippen LogP contribution in [-0.2, 0) is 11.2 Å². The molecule has 0 N–H and O–H groups in total. The summed E-state index contributed by atoms with van der Waals surface area (Å²) in [5, 5.41) is 0. The van der Waals surface area contributed by atoms with Crippen LogP contribution >= 0.6 is 15.9 Å². The number of nitrogens with zero attached hydrogens (tertiary/aromatic N) is 2. The van der Waals surface area contributed by atoms with Gasteiger partial charge in [-0.05, 0) is 42.3 Å². The van der Waals surface area contributed by atoms with Crippen molar-refractivity contribution < 1.29 is 14.3 Å². The van der Waals surface area contributed by atoms with Gasteiger partial charge in [0.25, 0.3) is 11.8 Å². The smallest absolute Gasteiger partial charge is 0.260 e. The molecule has 28 heavy (non-hydrogen) atoms. The molecule has 0 aliphatic carbocycles. The number of hydrogen-bond acceptors (Lipinski definition) is 3. The molecule has 5 nitrogen and oxygen atoms in total. The lowest BCUT2D eigenvalue weighted by molar-refractivity contribution is -0.134. The maximum Gasteiger partial charge on any atom is 0.260 e. The largest absolute Gasteiger partial charge is 0.484 e. The zero-order chi connectivity index (χ0) is 19.9. The van der Waals surface area contributed by atoms with Crippen LogP contribution in [0.3, 0.4) is 0 Å². The van der Waals surface area contributed by atoms with Crippen LogP contribution in [0.1, 0.15) is 29.3 Å². The Morgan fingerprint density at radius 1 is 1.00 bits per heavy atom. The van der Waals surface area contributed by atoms with Gasteiger partial charge >= 0.3 is 0 Å². The summed E-state index contributed by atoms with van der Waals surface area (Å²) >= 11 is 3.39. The highest BCUT2D eigenvalue weighted by molar-refractivity contribution is 9.10. The molecule has 0 spiro atoms. The summed E-state index contributed by atoms with van der Waals surface area (Å²) in [6.07, 6.45) is 2.15. The molecule has 3 rings (SSSR count).